The zero-order chi connectivity index (χ0) is 46.7. The van der Waals surface area contributed by atoms with Crippen LogP contribution < -0.4 is 36.0 Å². The minimum absolute atomic E-state index is 0.330. The number of rotatable bonds is 7. The highest BCUT2D eigenvalue weighted by atomic mass is 16.5. The van der Waals surface area contributed by atoms with Gasteiger partial charge >= 0.3 is 6.71 Å². The third-order valence-corrected chi connectivity index (χ3v) is 14.3. The molecule has 11 aromatic rings. The predicted octanol–water partition coefficient (Wildman–Crippen LogP) is 15.0. The Kier molecular flexibility index (Phi) is 9.22. The van der Waals surface area contributed by atoms with Gasteiger partial charge in [-0.1, -0.05) is 119 Å². The molecule has 7 heteroatoms. The van der Waals surface area contributed by atoms with Gasteiger partial charge in [0.05, 0.1) is 28.2 Å². The van der Waals surface area contributed by atoms with E-state index in [1.54, 1.807) is 0 Å². The lowest BCUT2D eigenvalue weighted by molar-refractivity contribution is 0.490. The number of furan rings is 1. The van der Waals surface area contributed by atoms with E-state index >= 15 is 0 Å². The minimum Gasteiger partial charge on any atom is -0.468 e. The number of para-hydroxylation sites is 2. The first-order valence-electron chi connectivity index (χ1n) is 23.8. The number of nitrogens with zero attached hydrogens (tertiary/aromatic N) is 4. The van der Waals surface area contributed by atoms with Crippen LogP contribution in [0.1, 0.15) is 27.8 Å². The molecule has 0 bridgehead atoms. The van der Waals surface area contributed by atoms with Gasteiger partial charge in [0, 0.05) is 74.4 Å². The number of hydrogen-bond donors (Lipinski definition) is 0. The first-order chi connectivity index (χ1) is 33.7. The van der Waals surface area contributed by atoms with Crippen LogP contribution in [0.25, 0.3) is 32.8 Å². The van der Waals surface area contributed by atoms with Gasteiger partial charge in [-0.05, 0) is 131 Å². The topological polar surface area (TPSA) is 37.0 Å². The van der Waals surface area contributed by atoms with E-state index in [1.165, 1.54) is 27.8 Å². The lowest BCUT2D eigenvalue weighted by Gasteiger charge is -2.39. The lowest BCUT2D eigenvalue weighted by Crippen LogP contribution is -2.59. The molecule has 2 aliphatic heterocycles. The molecular formula is C62H49BN4O2. The first-order valence-corrected chi connectivity index (χ1v) is 23.8. The molecule has 4 heterocycles. The van der Waals surface area contributed by atoms with E-state index in [0.29, 0.717) is 0 Å². The zero-order valence-electron chi connectivity index (χ0n) is 39.6. The molecular weight excluding hydrogens is 844 g/mol. The largest absolute Gasteiger partial charge is 0.468 e. The van der Waals surface area contributed by atoms with Gasteiger partial charge in [0.15, 0.2) is 0 Å². The molecule has 332 valence electrons. The van der Waals surface area contributed by atoms with Crippen LogP contribution in [-0.2, 0) is 7.05 Å². The fourth-order valence-electron chi connectivity index (χ4n) is 10.9. The van der Waals surface area contributed by atoms with Crippen molar-refractivity contribution in [3.8, 4) is 11.5 Å². The smallest absolute Gasteiger partial charge is 0.301 e. The summed E-state index contributed by atoms with van der Waals surface area (Å²) in [7, 11) is 2.18. The van der Waals surface area contributed by atoms with E-state index in [0.717, 1.165) is 112 Å². The summed E-state index contributed by atoms with van der Waals surface area (Å²) in [4.78, 5) is 7.20. The Morgan fingerprint density at radius 3 is 1.58 bits per heavy atom. The van der Waals surface area contributed by atoms with Gasteiger partial charge in [-0.3, -0.25) is 0 Å². The second-order valence-electron chi connectivity index (χ2n) is 19.0. The highest BCUT2D eigenvalue weighted by molar-refractivity contribution is 6.99. The van der Waals surface area contributed by atoms with Gasteiger partial charge in [0.25, 0.3) is 0 Å². The number of anilines is 9. The summed E-state index contributed by atoms with van der Waals surface area (Å²) in [5, 5.41) is 3.33. The molecule has 2 aromatic heterocycles. The third kappa shape index (κ3) is 6.41. The van der Waals surface area contributed by atoms with Crippen molar-refractivity contribution in [3.63, 3.8) is 0 Å². The van der Waals surface area contributed by atoms with Gasteiger partial charge in [-0.15, -0.1) is 0 Å². The van der Waals surface area contributed by atoms with Crippen LogP contribution in [0.15, 0.2) is 192 Å². The number of aryl methyl sites for hydroxylation is 6. The zero-order valence-corrected chi connectivity index (χ0v) is 39.6. The van der Waals surface area contributed by atoms with Crippen LogP contribution in [-0.4, -0.2) is 11.3 Å². The summed E-state index contributed by atoms with van der Waals surface area (Å²) < 4.78 is 17.3. The van der Waals surface area contributed by atoms with Gasteiger partial charge < -0.3 is 28.4 Å². The van der Waals surface area contributed by atoms with Crippen molar-refractivity contribution in [1.82, 2.24) is 4.57 Å². The summed E-state index contributed by atoms with van der Waals surface area (Å²) >= 11 is 0. The van der Waals surface area contributed by atoms with Crippen LogP contribution in [0.2, 0.25) is 0 Å². The van der Waals surface area contributed by atoms with Gasteiger partial charge in [0.2, 0.25) is 0 Å². The molecule has 0 spiro atoms. The van der Waals surface area contributed by atoms with Crippen molar-refractivity contribution in [2.45, 2.75) is 34.6 Å². The maximum atomic E-state index is 7.68. The van der Waals surface area contributed by atoms with Gasteiger partial charge in [0.1, 0.15) is 17.1 Å². The predicted molar refractivity (Wildman–Crippen MR) is 289 cm³/mol. The summed E-state index contributed by atoms with van der Waals surface area (Å²) in [6.07, 6.45) is 0. The molecule has 0 atom stereocenters. The van der Waals surface area contributed by atoms with E-state index in [1.807, 2.05) is 0 Å². The fourth-order valence-corrected chi connectivity index (χ4v) is 10.9. The molecule has 9 aromatic carbocycles. The van der Waals surface area contributed by atoms with Crippen LogP contribution in [0.4, 0.5) is 51.2 Å². The summed E-state index contributed by atoms with van der Waals surface area (Å²) in [5.74, 6) is 1.62. The monoisotopic (exact) mass is 892 g/mol. The molecule has 69 heavy (non-hydrogen) atoms. The van der Waals surface area contributed by atoms with Crippen LogP contribution >= 0.6 is 0 Å². The van der Waals surface area contributed by atoms with Crippen molar-refractivity contribution < 1.29 is 9.15 Å². The van der Waals surface area contributed by atoms with Crippen LogP contribution in [0.5, 0.6) is 11.5 Å². The maximum Gasteiger partial charge on any atom is 0.301 e. The number of ether oxygens (including phenoxy) is 1. The maximum absolute atomic E-state index is 7.68. The number of hydrogen-bond acceptors (Lipinski definition) is 5. The van der Waals surface area contributed by atoms with Crippen molar-refractivity contribution in [2.24, 2.45) is 7.05 Å². The van der Waals surface area contributed by atoms with E-state index in [9.17, 15) is 0 Å². The van der Waals surface area contributed by atoms with Crippen molar-refractivity contribution in [1.29, 1.82) is 0 Å². The molecule has 2 aliphatic rings. The van der Waals surface area contributed by atoms with E-state index in [2.05, 4.69) is 249 Å². The Labute approximate surface area is 402 Å². The fraction of sp³-hybridized carbons (Fsp3) is 0.0968. The second kappa shape index (κ2) is 15.6. The summed E-state index contributed by atoms with van der Waals surface area (Å²) in [6, 6.07) is 68.5. The molecule has 0 amide bonds. The van der Waals surface area contributed by atoms with E-state index in [-0.39, 0.29) is 6.71 Å². The number of fused-ring (bicyclic) bond motifs is 10. The molecule has 0 unspecified atom stereocenters. The van der Waals surface area contributed by atoms with Crippen LogP contribution in [0.3, 0.4) is 0 Å². The van der Waals surface area contributed by atoms with Gasteiger partial charge in [-0.2, -0.15) is 0 Å². The molecule has 0 saturated heterocycles. The lowest BCUT2D eigenvalue weighted by atomic mass is 9.36. The number of benzene rings is 9. The Hall–Kier alpha value is -8.42. The molecule has 13 rings (SSSR count). The highest BCUT2D eigenvalue weighted by Crippen LogP contribution is 2.51. The second-order valence-corrected chi connectivity index (χ2v) is 19.0. The van der Waals surface area contributed by atoms with Gasteiger partial charge in [-0.25, -0.2) is 0 Å². The highest BCUT2D eigenvalue weighted by Gasteiger charge is 2.47. The minimum atomic E-state index is -0.330. The normalized spacial score (nSPS) is 12.6. The van der Waals surface area contributed by atoms with Crippen LogP contribution in [0, 0.1) is 34.6 Å². The molecule has 0 fully saturated rings. The summed E-state index contributed by atoms with van der Waals surface area (Å²) in [5.41, 5.74) is 21.5. The molecule has 0 aliphatic carbocycles. The Balaban J connectivity index is 1.16. The molecule has 0 radical (unpaired) electrons. The SMILES string of the molecule is Cc1ccc(N(c2ccc(C)cc2)c2cc3c4c(c2)N(c2ccc(C)cc2)c2c(oc5ccccc25)B4c2cc(N(c4ccc(C)cc4)c4ccc(C)cc4)c4c5ccccc5n(C)c4c2O3)cc1. The Morgan fingerprint density at radius 2 is 1.00 bits per heavy atom. The molecule has 6 nitrogen and oxygen atoms in total. The van der Waals surface area contributed by atoms with Crippen molar-refractivity contribution in [2.75, 3.05) is 14.7 Å². The summed E-state index contributed by atoms with van der Waals surface area (Å²) in [6.45, 7) is 10.4. The first kappa shape index (κ1) is 40.8. The third-order valence-electron chi connectivity index (χ3n) is 14.3. The molecule has 0 N–H and O–H groups in total. The quantitative estimate of drug-likeness (QED) is 0.149. The van der Waals surface area contributed by atoms with Crippen molar-refractivity contribution >= 4 is 107 Å². The Bertz CT molecular complexity index is 3720. The average Bonchev–Trinajstić information content (AvgIpc) is 3.90. The van der Waals surface area contributed by atoms with Crippen molar-refractivity contribution in [3.05, 3.63) is 216 Å². The van der Waals surface area contributed by atoms with E-state index in [4.69, 9.17) is 9.15 Å². The molecule has 0 saturated carbocycles. The average molecular weight is 893 g/mol. The standard InChI is InChI=1S/C62H49BN4O2/c1-38-15-25-43(26-16-38)65(44-27-17-39(2)18-28-44)48-35-54-58-56(36-48)68-61-51(63(58)62-59(50-12-8-10-14-55(50)69-62)67(54)47-33-23-42(5)24-34-47)37-53(57-49-11-7-9-13-52(49)64(6)60(57)61)66(45-29-19-40(3)20-30-45)46-31-21-41(4)22-32-46/h7-37H,1-6H3. The number of aromatic nitrogens is 1. The van der Waals surface area contributed by atoms with E-state index < -0.39 is 0 Å². The Morgan fingerprint density at radius 1 is 0.493 bits per heavy atom.